The predicted molar refractivity (Wildman–Crippen MR) is 46.4 cm³/mol. The molecule has 0 heterocycles. The predicted octanol–water partition coefficient (Wildman–Crippen LogP) is 1.22. The summed E-state index contributed by atoms with van der Waals surface area (Å²) in [5, 5.41) is 2.84. The number of thiol groups is 1. The van der Waals surface area contributed by atoms with Crippen molar-refractivity contribution in [3.63, 3.8) is 0 Å². The molecule has 60 valence electrons. The zero-order chi connectivity index (χ0) is 8.20. The maximum Gasteiger partial charge on any atom is 0.220 e. The second kappa shape index (κ2) is 3.86. The van der Waals surface area contributed by atoms with E-state index in [9.17, 15) is 4.79 Å². The van der Waals surface area contributed by atoms with Crippen LogP contribution in [0.1, 0.15) is 27.2 Å². The summed E-state index contributed by atoms with van der Waals surface area (Å²) in [6, 6.07) is 0. The lowest BCUT2D eigenvalue weighted by molar-refractivity contribution is -0.122. The third kappa shape index (κ3) is 3.77. The van der Waals surface area contributed by atoms with Gasteiger partial charge in [-0.05, 0) is 13.8 Å². The Hall–Kier alpha value is -0.180. The Morgan fingerprint density at radius 3 is 2.40 bits per heavy atom. The first-order valence-electron chi connectivity index (χ1n) is 3.43. The van der Waals surface area contributed by atoms with Crippen molar-refractivity contribution in [3.8, 4) is 0 Å². The van der Waals surface area contributed by atoms with Gasteiger partial charge in [-0.3, -0.25) is 4.79 Å². The van der Waals surface area contributed by atoms with Gasteiger partial charge in [0, 0.05) is 17.7 Å². The minimum atomic E-state index is -0.170. The number of carbonyl (C=O) groups is 1. The fraction of sp³-hybridized carbons (Fsp3) is 0.857. The number of carbonyl (C=O) groups excluding carboxylic acids is 1. The molecule has 0 spiro atoms. The summed E-state index contributed by atoms with van der Waals surface area (Å²) in [5.41, 5.74) is -0.170. The largest absolute Gasteiger partial charge is 0.350 e. The van der Waals surface area contributed by atoms with E-state index in [0.29, 0.717) is 12.2 Å². The third-order valence-electron chi connectivity index (χ3n) is 1.19. The van der Waals surface area contributed by atoms with Crippen molar-refractivity contribution in [2.75, 3.05) is 5.75 Å². The van der Waals surface area contributed by atoms with E-state index < -0.39 is 0 Å². The summed E-state index contributed by atoms with van der Waals surface area (Å²) in [5.74, 6) is 0.748. The molecule has 0 aromatic heterocycles. The van der Waals surface area contributed by atoms with Crippen molar-refractivity contribution in [1.29, 1.82) is 0 Å². The molecule has 0 aromatic carbocycles. The fourth-order valence-electron chi connectivity index (χ4n) is 0.505. The van der Waals surface area contributed by atoms with Crippen LogP contribution in [0.2, 0.25) is 0 Å². The van der Waals surface area contributed by atoms with Gasteiger partial charge in [-0.25, -0.2) is 0 Å². The second-order valence-electron chi connectivity index (χ2n) is 2.94. The lowest BCUT2D eigenvalue weighted by Gasteiger charge is -2.23. The molecule has 0 aromatic rings. The Balaban J connectivity index is 3.76. The van der Waals surface area contributed by atoms with Crippen molar-refractivity contribution in [1.82, 2.24) is 5.32 Å². The van der Waals surface area contributed by atoms with E-state index in [0.717, 1.165) is 0 Å². The maximum absolute atomic E-state index is 10.8. The molecule has 1 amide bonds. The van der Waals surface area contributed by atoms with Gasteiger partial charge in [0.1, 0.15) is 0 Å². The number of hydrogen-bond acceptors (Lipinski definition) is 2. The normalized spacial score (nSPS) is 11.2. The van der Waals surface area contributed by atoms with Crippen LogP contribution in [0.25, 0.3) is 0 Å². The quantitative estimate of drug-likeness (QED) is 0.599. The van der Waals surface area contributed by atoms with Gasteiger partial charge in [-0.2, -0.15) is 12.6 Å². The van der Waals surface area contributed by atoms with Crippen LogP contribution < -0.4 is 5.32 Å². The zero-order valence-corrected chi connectivity index (χ0v) is 7.66. The van der Waals surface area contributed by atoms with E-state index in [4.69, 9.17) is 0 Å². The Bertz CT molecular complexity index is 123. The Labute approximate surface area is 67.8 Å². The van der Waals surface area contributed by atoms with Crippen LogP contribution in [-0.2, 0) is 4.79 Å². The van der Waals surface area contributed by atoms with E-state index in [-0.39, 0.29) is 11.4 Å². The molecule has 0 bridgehead atoms. The molecule has 2 nitrogen and oxygen atoms in total. The molecule has 0 saturated heterocycles. The highest BCUT2D eigenvalue weighted by atomic mass is 32.1. The summed E-state index contributed by atoms with van der Waals surface area (Å²) in [6.07, 6.45) is 0.539. The standard InChI is InChI=1S/C7H15NOS/c1-4-6(9)8-7(2,3)5-10/h10H,4-5H2,1-3H3,(H,8,9). The highest BCUT2D eigenvalue weighted by molar-refractivity contribution is 7.80. The Kier molecular flexibility index (Phi) is 3.79. The van der Waals surface area contributed by atoms with Gasteiger partial charge in [0.15, 0.2) is 0 Å². The molecule has 0 aliphatic carbocycles. The molecule has 0 atom stereocenters. The summed E-state index contributed by atoms with van der Waals surface area (Å²) < 4.78 is 0. The molecule has 0 fully saturated rings. The first-order valence-corrected chi connectivity index (χ1v) is 4.07. The van der Waals surface area contributed by atoms with Crippen molar-refractivity contribution in [3.05, 3.63) is 0 Å². The monoisotopic (exact) mass is 161 g/mol. The van der Waals surface area contributed by atoms with E-state index in [1.54, 1.807) is 0 Å². The summed E-state index contributed by atoms with van der Waals surface area (Å²) >= 11 is 4.10. The molecule has 10 heavy (non-hydrogen) atoms. The smallest absolute Gasteiger partial charge is 0.220 e. The van der Waals surface area contributed by atoms with Crippen LogP contribution >= 0.6 is 12.6 Å². The molecule has 0 aliphatic rings. The first kappa shape index (κ1) is 9.82. The Morgan fingerprint density at radius 1 is 1.60 bits per heavy atom. The van der Waals surface area contributed by atoms with Crippen molar-refractivity contribution >= 4 is 18.5 Å². The van der Waals surface area contributed by atoms with Gasteiger partial charge in [0.25, 0.3) is 0 Å². The maximum atomic E-state index is 10.8. The van der Waals surface area contributed by atoms with Crippen LogP contribution in [0, 0.1) is 0 Å². The van der Waals surface area contributed by atoms with E-state index in [1.165, 1.54) is 0 Å². The number of hydrogen-bond donors (Lipinski definition) is 2. The lowest BCUT2D eigenvalue weighted by Crippen LogP contribution is -2.44. The minimum absolute atomic E-state index is 0.0825. The molecule has 0 rings (SSSR count). The van der Waals surface area contributed by atoms with Crippen molar-refractivity contribution in [2.24, 2.45) is 0 Å². The average molecular weight is 161 g/mol. The number of nitrogens with one attached hydrogen (secondary N) is 1. The molecule has 1 N–H and O–H groups in total. The number of amides is 1. The van der Waals surface area contributed by atoms with Crippen molar-refractivity contribution < 1.29 is 4.79 Å². The van der Waals surface area contributed by atoms with Gasteiger partial charge >= 0.3 is 0 Å². The van der Waals surface area contributed by atoms with Crippen LogP contribution in [0.15, 0.2) is 0 Å². The highest BCUT2D eigenvalue weighted by Gasteiger charge is 2.16. The van der Waals surface area contributed by atoms with E-state index in [1.807, 2.05) is 20.8 Å². The lowest BCUT2D eigenvalue weighted by atomic mass is 10.1. The molecule has 0 radical (unpaired) electrons. The SMILES string of the molecule is CCC(=O)NC(C)(C)CS. The van der Waals surface area contributed by atoms with E-state index in [2.05, 4.69) is 17.9 Å². The van der Waals surface area contributed by atoms with Gasteiger partial charge < -0.3 is 5.32 Å². The highest BCUT2D eigenvalue weighted by Crippen LogP contribution is 2.03. The summed E-state index contributed by atoms with van der Waals surface area (Å²) in [7, 11) is 0. The van der Waals surface area contributed by atoms with Crippen molar-refractivity contribution in [2.45, 2.75) is 32.7 Å². The minimum Gasteiger partial charge on any atom is -0.350 e. The molecule has 3 heteroatoms. The Morgan fingerprint density at radius 2 is 2.10 bits per heavy atom. The van der Waals surface area contributed by atoms with Gasteiger partial charge in [0.2, 0.25) is 5.91 Å². The molecular formula is C7H15NOS. The molecular weight excluding hydrogens is 146 g/mol. The fourth-order valence-corrected chi connectivity index (χ4v) is 0.584. The zero-order valence-electron chi connectivity index (χ0n) is 6.77. The summed E-state index contributed by atoms with van der Waals surface area (Å²) in [4.78, 5) is 10.8. The van der Waals surface area contributed by atoms with E-state index >= 15 is 0 Å². The topological polar surface area (TPSA) is 29.1 Å². The molecule has 0 aliphatic heterocycles. The number of rotatable bonds is 3. The second-order valence-corrected chi connectivity index (χ2v) is 3.26. The van der Waals surface area contributed by atoms with Crippen LogP contribution in [-0.4, -0.2) is 17.2 Å². The van der Waals surface area contributed by atoms with Crippen LogP contribution in [0.4, 0.5) is 0 Å². The molecule has 0 unspecified atom stereocenters. The molecule has 0 saturated carbocycles. The average Bonchev–Trinajstić information content (AvgIpc) is 1.87. The van der Waals surface area contributed by atoms with Gasteiger partial charge in [0.05, 0.1) is 0 Å². The van der Waals surface area contributed by atoms with Gasteiger partial charge in [-0.15, -0.1) is 0 Å². The summed E-state index contributed by atoms with van der Waals surface area (Å²) in [6.45, 7) is 5.74. The third-order valence-corrected chi connectivity index (χ3v) is 1.98. The van der Waals surface area contributed by atoms with Crippen LogP contribution in [0.5, 0.6) is 0 Å². The van der Waals surface area contributed by atoms with Crippen LogP contribution in [0.3, 0.4) is 0 Å². The van der Waals surface area contributed by atoms with Gasteiger partial charge in [-0.1, -0.05) is 6.92 Å². The first-order chi connectivity index (χ1) is 4.52.